The van der Waals surface area contributed by atoms with Gasteiger partial charge in [0.05, 0.1) is 33.0 Å². The summed E-state index contributed by atoms with van der Waals surface area (Å²) in [5.74, 6) is 0.803. The van der Waals surface area contributed by atoms with Crippen LogP contribution in [0.25, 0.3) is 0 Å². The minimum absolute atomic E-state index is 0.0832. The van der Waals surface area contributed by atoms with E-state index in [1.165, 1.54) is 17.7 Å². The summed E-state index contributed by atoms with van der Waals surface area (Å²) in [6, 6.07) is 5.94. The Morgan fingerprint density at radius 2 is 1.91 bits per heavy atom. The highest BCUT2D eigenvalue weighted by atomic mass is 19.4. The van der Waals surface area contributed by atoms with Gasteiger partial charge in [0.15, 0.2) is 0 Å². The second kappa shape index (κ2) is 8.99. The molecule has 1 aromatic carbocycles. The minimum atomic E-state index is -4.54. The van der Waals surface area contributed by atoms with Crippen molar-refractivity contribution in [1.82, 2.24) is 9.55 Å². The Morgan fingerprint density at radius 1 is 1.22 bits per heavy atom. The monoisotopic (exact) mass is 454 g/mol. The van der Waals surface area contributed by atoms with Crippen LogP contribution in [0.2, 0.25) is 0 Å². The Kier molecular flexibility index (Phi) is 6.29. The molecule has 1 saturated heterocycles. The molecule has 0 radical (unpaired) electrons. The quantitative estimate of drug-likeness (QED) is 0.740. The smallest absolute Gasteiger partial charge is 0.408 e. The molecule has 4 rings (SSSR count). The lowest BCUT2D eigenvalue weighted by atomic mass is 10.1. The maximum Gasteiger partial charge on any atom is 0.408 e. The molecule has 11 heteroatoms. The van der Waals surface area contributed by atoms with E-state index in [4.69, 9.17) is 9.47 Å². The number of aliphatic hydroxyl groups excluding tert-OH is 1. The van der Waals surface area contributed by atoms with Crippen molar-refractivity contribution in [1.29, 1.82) is 0 Å². The van der Waals surface area contributed by atoms with E-state index in [2.05, 4.69) is 4.98 Å². The molecular weight excluding hydrogens is 429 g/mol. The normalized spacial score (nSPS) is 20.1. The Bertz CT molecular complexity index is 990. The first-order valence-electron chi connectivity index (χ1n) is 10.4. The van der Waals surface area contributed by atoms with Crippen molar-refractivity contribution in [3.63, 3.8) is 0 Å². The molecule has 1 fully saturated rings. The van der Waals surface area contributed by atoms with Gasteiger partial charge in [-0.05, 0) is 24.1 Å². The topological polar surface area (TPSA) is 80.1 Å². The number of methoxy groups -OCH3 is 1. The first kappa shape index (κ1) is 22.4. The van der Waals surface area contributed by atoms with E-state index < -0.39 is 23.9 Å². The molecule has 0 bridgehead atoms. The zero-order chi connectivity index (χ0) is 22.9. The zero-order valence-corrected chi connectivity index (χ0v) is 17.6. The number of nitrogens with zero attached hydrogens (tertiary/aromatic N) is 4. The number of hydrogen-bond donors (Lipinski definition) is 1. The first-order valence-corrected chi connectivity index (χ1v) is 10.4. The van der Waals surface area contributed by atoms with E-state index in [0.29, 0.717) is 43.4 Å². The minimum Gasteiger partial charge on any atom is -0.497 e. The predicted molar refractivity (Wildman–Crippen MR) is 111 cm³/mol. The highest BCUT2D eigenvalue weighted by Gasteiger charge is 2.47. The Morgan fingerprint density at radius 3 is 2.53 bits per heavy atom. The van der Waals surface area contributed by atoms with Crippen LogP contribution in [0.3, 0.4) is 0 Å². The molecule has 3 heterocycles. The number of aliphatic hydroxyl groups is 1. The van der Waals surface area contributed by atoms with E-state index in [1.807, 2.05) is 4.90 Å². The lowest BCUT2D eigenvalue weighted by Gasteiger charge is -2.40. The zero-order valence-electron chi connectivity index (χ0n) is 17.6. The lowest BCUT2D eigenvalue weighted by Crippen LogP contribution is -2.53. The Balaban J connectivity index is 1.70. The first-order chi connectivity index (χ1) is 15.3. The molecule has 1 N–H and O–H groups in total. The summed E-state index contributed by atoms with van der Waals surface area (Å²) in [5, 5.41) is 10.7. The summed E-state index contributed by atoms with van der Waals surface area (Å²) in [7, 11) is 1.50. The largest absolute Gasteiger partial charge is 0.497 e. The van der Waals surface area contributed by atoms with Gasteiger partial charge in [-0.15, -0.1) is 0 Å². The van der Waals surface area contributed by atoms with Gasteiger partial charge in [0.2, 0.25) is 5.95 Å². The van der Waals surface area contributed by atoms with E-state index in [0.717, 1.165) is 4.90 Å². The van der Waals surface area contributed by atoms with Gasteiger partial charge in [-0.3, -0.25) is 9.36 Å². The van der Waals surface area contributed by atoms with Crippen LogP contribution in [0, 0.1) is 0 Å². The van der Waals surface area contributed by atoms with Crippen molar-refractivity contribution >= 4 is 11.8 Å². The third kappa shape index (κ3) is 4.53. The van der Waals surface area contributed by atoms with Gasteiger partial charge >= 0.3 is 6.18 Å². The van der Waals surface area contributed by atoms with Gasteiger partial charge in [0, 0.05) is 25.7 Å². The summed E-state index contributed by atoms with van der Waals surface area (Å²) in [6.45, 7) is 1.43. The maximum absolute atomic E-state index is 13.9. The van der Waals surface area contributed by atoms with Gasteiger partial charge in [-0.1, -0.05) is 12.1 Å². The summed E-state index contributed by atoms with van der Waals surface area (Å²) < 4.78 is 53.4. The molecular formula is C21H25F3N4O4. The SMILES string of the molecule is COc1ccc(C(O)CN2c3nc(N4CCOCC4)cc(=O)n3CCC2C(F)(F)F)cc1. The van der Waals surface area contributed by atoms with Crippen LogP contribution in [0.5, 0.6) is 5.75 Å². The number of rotatable bonds is 5. The van der Waals surface area contributed by atoms with Crippen LogP contribution in [-0.4, -0.2) is 66.8 Å². The Hall–Kier alpha value is -2.79. The molecule has 0 aliphatic carbocycles. The predicted octanol–water partition coefficient (Wildman–Crippen LogP) is 1.96. The summed E-state index contributed by atoms with van der Waals surface area (Å²) in [5.41, 5.74) is 0.0246. The maximum atomic E-state index is 13.9. The number of anilines is 2. The fourth-order valence-corrected chi connectivity index (χ4v) is 4.08. The fraction of sp³-hybridized carbons (Fsp3) is 0.524. The lowest BCUT2D eigenvalue weighted by molar-refractivity contribution is -0.153. The molecule has 174 valence electrons. The summed E-state index contributed by atoms with van der Waals surface area (Å²) >= 11 is 0. The summed E-state index contributed by atoms with van der Waals surface area (Å²) in [4.78, 5) is 20.0. The molecule has 1 aromatic heterocycles. The van der Waals surface area contributed by atoms with Crippen molar-refractivity contribution in [2.75, 3.05) is 49.8 Å². The van der Waals surface area contributed by atoms with Gasteiger partial charge in [-0.25, -0.2) is 0 Å². The van der Waals surface area contributed by atoms with Crippen molar-refractivity contribution in [3.8, 4) is 5.75 Å². The van der Waals surface area contributed by atoms with Gasteiger partial charge in [0.1, 0.15) is 17.6 Å². The number of fused-ring (bicyclic) bond motifs is 1. The van der Waals surface area contributed by atoms with Gasteiger partial charge in [0.25, 0.3) is 5.56 Å². The molecule has 2 atom stereocenters. The average molecular weight is 454 g/mol. The number of β-amino-alcohol motifs (C(OH)–C–C–N with tert-alkyl or cyclic N) is 1. The molecule has 0 spiro atoms. The van der Waals surface area contributed by atoms with Crippen LogP contribution in [0.4, 0.5) is 24.9 Å². The van der Waals surface area contributed by atoms with Gasteiger partial charge < -0.3 is 24.4 Å². The molecule has 32 heavy (non-hydrogen) atoms. The van der Waals surface area contributed by atoms with Crippen LogP contribution in [0.15, 0.2) is 35.1 Å². The number of aromatic nitrogens is 2. The molecule has 8 nitrogen and oxygen atoms in total. The second-order valence-corrected chi connectivity index (χ2v) is 7.79. The standard InChI is InChI=1S/C21H25F3N4O4/c1-31-15-4-2-14(3-5-15)16(29)13-28-17(21(22,23)24)6-7-27-19(30)12-18(25-20(27)28)26-8-10-32-11-9-26/h2-5,12,16-17,29H,6-11,13H2,1H3. The highest BCUT2D eigenvalue weighted by molar-refractivity contribution is 5.47. The number of morpholine rings is 1. The molecule has 0 amide bonds. The fourth-order valence-electron chi connectivity index (χ4n) is 4.08. The number of ether oxygens (including phenoxy) is 2. The van der Waals surface area contributed by atoms with E-state index in [1.54, 1.807) is 24.3 Å². The number of benzene rings is 1. The third-order valence-electron chi connectivity index (χ3n) is 5.82. The number of hydrogen-bond acceptors (Lipinski definition) is 7. The molecule has 2 aliphatic heterocycles. The molecule has 2 unspecified atom stereocenters. The van der Waals surface area contributed by atoms with E-state index >= 15 is 0 Å². The number of alkyl halides is 3. The molecule has 0 saturated carbocycles. The average Bonchev–Trinajstić information content (AvgIpc) is 2.79. The van der Waals surface area contributed by atoms with Crippen LogP contribution >= 0.6 is 0 Å². The van der Waals surface area contributed by atoms with Crippen LogP contribution < -0.4 is 20.1 Å². The number of halogens is 3. The van der Waals surface area contributed by atoms with Crippen molar-refractivity contribution in [3.05, 3.63) is 46.2 Å². The Labute approximate surface area is 182 Å². The van der Waals surface area contributed by atoms with Crippen molar-refractivity contribution in [2.24, 2.45) is 0 Å². The third-order valence-corrected chi connectivity index (χ3v) is 5.82. The highest BCUT2D eigenvalue weighted by Crippen LogP contribution is 2.35. The van der Waals surface area contributed by atoms with Gasteiger partial charge in [-0.2, -0.15) is 18.2 Å². The second-order valence-electron chi connectivity index (χ2n) is 7.79. The van der Waals surface area contributed by atoms with Crippen molar-refractivity contribution in [2.45, 2.75) is 31.3 Å². The van der Waals surface area contributed by atoms with Crippen LogP contribution in [0.1, 0.15) is 18.1 Å². The van der Waals surface area contributed by atoms with Crippen molar-refractivity contribution < 1.29 is 27.8 Å². The molecule has 2 aliphatic rings. The van der Waals surface area contributed by atoms with E-state index in [-0.39, 0.29) is 25.5 Å². The summed E-state index contributed by atoms with van der Waals surface area (Å²) in [6.07, 6.45) is -6.07. The molecule has 2 aromatic rings. The van der Waals surface area contributed by atoms with E-state index in [9.17, 15) is 23.1 Å². The van der Waals surface area contributed by atoms with Crippen LogP contribution in [-0.2, 0) is 11.3 Å².